The molecule has 1 atom stereocenters. The third-order valence-electron chi connectivity index (χ3n) is 4.35. The lowest BCUT2D eigenvalue weighted by molar-refractivity contribution is -0.117. The highest BCUT2D eigenvalue weighted by atomic mass is 16.5. The highest BCUT2D eigenvalue weighted by Gasteiger charge is 2.47. The van der Waals surface area contributed by atoms with Crippen LogP contribution in [0.15, 0.2) is 6.07 Å². The predicted molar refractivity (Wildman–Crippen MR) is 74.8 cm³/mol. The van der Waals surface area contributed by atoms with E-state index >= 15 is 0 Å². The molecule has 1 aromatic carbocycles. The molecule has 0 aliphatic carbocycles. The molecule has 106 valence electrons. The Labute approximate surface area is 114 Å². The van der Waals surface area contributed by atoms with Gasteiger partial charge < -0.3 is 20.3 Å². The fourth-order valence-corrected chi connectivity index (χ4v) is 2.96. The monoisotopic (exact) mass is 265 g/mol. The van der Waals surface area contributed by atoms with Gasteiger partial charge in [0.05, 0.1) is 31.8 Å². The van der Waals surface area contributed by atoms with Crippen molar-refractivity contribution in [2.45, 2.75) is 32.3 Å². The third-order valence-corrected chi connectivity index (χ3v) is 4.35. The average molecular weight is 265 g/mol. The van der Waals surface area contributed by atoms with Crippen LogP contribution in [0, 0.1) is 20.8 Å². The number of ether oxygens (including phenoxy) is 2. The number of hydrogen-bond acceptors (Lipinski definition) is 4. The van der Waals surface area contributed by atoms with E-state index in [9.17, 15) is 5.11 Å². The smallest absolute Gasteiger partial charge is 0.124 e. The van der Waals surface area contributed by atoms with Crippen molar-refractivity contribution < 1.29 is 14.6 Å². The van der Waals surface area contributed by atoms with Gasteiger partial charge in [0.25, 0.3) is 0 Å². The molecular formula is C15H23NO3. The maximum absolute atomic E-state index is 10.3. The van der Waals surface area contributed by atoms with Crippen molar-refractivity contribution >= 4 is 0 Å². The largest absolute Gasteiger partial charge is 0.496 e. The van der Waals surface area contributed by atoms with Crippen molar-refractivity contribution in [2.75, 3.05) is 26.9 Å². The first-order valence-electron chi connectivity index (χ1n) is 6.59. The van der Waals surface area contributed by atoms with Crippen LogP contribution in [0.5, 0.6) is 5.75 Å². The van der Waals surface area contributed by atoms with Crippen LogP contribution in [0.4, 0.5) is 0 Å². The molecule has 0 amide bonds. The maximum Gasteiger partial charge on any atom is 0.124 e. The van der Waals surface area contributed by atoms with E-state index < -0.39 is 6.10 Å². The van der Waals surface area contributed by atoms with E-state index in [0.717, 1.165) is 28.0 Å². The van der Waals surface area contributed by atoms with Gasteiger partial charge in [-0.1, -0.05) is 6.07 Å². The molecule has 1 aliphatic heterocycles. The minimum atomic E-state index is -0.577. The van der Waals surface area contributed by atoms with E-state index in [4.69, 9.17) is 15.2 Å². The summed E-state index contributed by atoms with van der Waals surface area (Å²) in [7, 11) is 1.69. The second kappa shape index (κ2) is 5.12. The van der Waals surface area contributed by atoms with Crippen LogP contribution < -0.4 is 10.5 Å². The average Bonchev–Trinajstić information content (AvgIpc) is 2.34. The Morgan fingerprint density at radius 2 is 2.00 bits per heavy atom. The summed E-state index contributed by atoms with van der Waals surface area (Å²) in [4.78, 5) is 0. The second-order valence-electron chi connectivity index (χ2n) is 5.42. The van der Waals surface area contributed by atoms with E-state index in [1.807, 2.05) is 13.8 Å². The van der Waals surface area contributed by atoms with Crippen molar-refractivity contribution in [1.82, 2.24) is 0 Å². The first-order chi connectivity index (χ1) is 8.97. The summed E-state index contributed by atoms with van der Waals surface area (Å²) in [6.07, 6.45) is -0.577. The molecule has 0 aromatic heterocycles. The summed E-state index contributed by atoms with van der Waals surface area (Å²) in [5, 5.41) is 10.3. The van der Waals surface area contributed by atoms with Crippen molar-refractivity contribution in [3.05, 3.63) is 28.3 Å². The molecular weight excluding hydrogens is 242 g/mol. The molecule has 0 spiro atoms. The van der Waals surface area contributed by atoms with E-state index in [1.54, 1.807) is 7.11 Å². The van der Waals surface area contributed by atoms with E-state index in [1.165, 1.54) is 0 Å². The molecule has 0 bridgehead atoms. The molecule has 1 fully saturated rings. The summed E-state index contributed by atoms with van der Waals surface area (Å²) < 4.78 is 10.8. The molecule has 4 heteroatoms. The quantitative estimate of drug-likeness (QED) is 0.859. The molecule has 1 aromatic rings. The Kier molecular flexibility index (Phi) is 3.85. The molecule has 1 heterocycles. The SMILES string of the molecule is COc1c(C)cc(C2(C(O)CN)COC2)c(C)c1C. The van der Waals surface area contributed by atoms with Gasteiger partial charge in [-0.3, -0.25) is 0 Å². The first kappa shape index (κ1) is 14.3. The highest BCUT2D eigenvalue weighted by Crippen LogP contribution is 2.41. The summed E-state index contributed by atoms with van der Waals surface area (Å²) in [5.74, 6) is 0.916. The zero-order valence-corrected chi connectivity index (χ0v) is 12.1. The van der Waals surface area contributed by atoms with Gasteiger partial charge in [-0.05, 0) is 43.0 Å². The van der Waals surface area contributed by atoms with Gasteiger partial charge in [-0.2, -0.15) is 0 Å². The fraction of sp³-hybridized carbons (Fsp3) is 0.600. The molecule has 3 N–H and O–H groups in total. The Hall–Kier alpha value is -1.10. The van der Waals surface area contributed by atoms with E-state index in [-0.39, 0.29) is 12.0 Å². The van der Waals surface area contributed by atoms with E-state index in [2.05, 4.69) is 13.0 Å². The lowest BCUT2D eigenvalue weighted by atomic mass is 9.71. The summed E-state index contributed by atoms with van der Waals surface area (Å²) >= 11 is 0. The summed E-state index contributed by atoms with van der Waals surface area (Å²) in [6.45, 7) is 7.43. The number of aliphatic hydroxyl groups excluding tert-OH is 1. The van der Waals surface area contributed by atoms with Crippen LogP contribution in [0.1, 0.15) is 22.3 Å². The minimum Gasteiger partial charge on any atom is -0.496 e. The first-order valence-corrected chi connectivity index (χ1v) is 6.59. The third kappa shape index (κ3) is 2.04. The molecule has 1 aliphatic rings. The Morgan fingerprint density at radius 3 is 2.42 bits per heavy atom. The van der Waals surface area contributed by atoms with Crippen molar-refractivity contribution in [3.63, 3.8) is 0 Å². The van der Waals surface area contributed by atoms with Crippen LogP contribution in [-0.4, -0.2) is 38.1 Å². The Bertz CT molecular complexity index is 481. The Morgan fingerprint density at radius 1 is 1.37 bits per heavy atom. The number of rotatable bonds is 4. The fourth-order valence-electron chi connectivity index (χ4n) is 2.96. The number of hydrogen-bond donors (Lipinski definition) is 2. The molecule has 2 rings (SSSR count). The van der Waals surface area contributed by atoms with Crippen LogP contribution in [-0.2, 0) is 10.2 Å². The molecule has 1 unspecified atom stereocenters. The normalized spacial score (nSPS) is 18.8. The molecule has 19 heavy (non-hydrogen) atoms. The highest BCUT2D eigenvalue weighted by molar-refractivity contribution is 5.52. The summed E-state index contributed by atoms with van der Waals surface area (Å²) in [5.41, 5.74) is 9.78. The van der Waals surface area contributed by atoms with Crippen molar-refractivity contribution in [2.24, 2.45) is 5.73 Å². The zero-order chi connectivity index (χ0) is 14.2. The van der Waals surface area contributed by atoms with Crippen LogP contribution in [0.25, 0.3) is 0 Å². The number of benzene rings is 1. The second-order valence-corrected chi connectivity index (χ2v) is 5.42. The van der Waals surface area contributed by atoms with Crippen molar-refractivity contribution in [1.29, 1.82) is 0 Å². The van der Waals surface area contributed by atoms with Gasteiger partial charge >= 0.3 is 0 Å². The molecule has 1 saturated heterocycles. The summed E-state index contributed by atoms with van der Waals surface area (Å²) in [6, 6.07) is 2.10. The number of aryl methyl sites for hydroxylation is 1. The predicted octanol–water partition coefficient (Wildman–Crippen LogP) is 1.21. The standard InChI is InChI=1S/C15H23NO3/c1-9-5-12(10(2)11(3)14(9)18-4)15(7-19-8-15)13(17)6-16/h5,13,17H,6-8,16H2,1-4H3. The topological polar surface area (TPSA) is 64.7 Å². The number of methoxy groups -OCH3 is 1. The van der Waals surface area contributed by atoms with E-state index in [0.29, 0.717) is 13.2 Å². The molecule has 0 radical (unpaired) electrons. The van der Waals surface area contributed by atoms with Crippen LogP contribution in [0.3, 0.4) is 0 Å². The molecule has 0 saturated carbocycles. The number of nitrogens with two attached hydrogens (primary N) is 1. The lowest BCUT2D eigenvalue weighted by Gasteiger charge is -2.46. The van der Waals surface area contributed by atoms with Gasteiger partial charge in [0, 0.05) is 6.54 Å². The number of aliphatic hydroxyl groups is 1. The van der Waals surface area contributed by atoms with Gasteiger partial charge in [0.2, 0.25) is 0 Å². The molecule has 4 nitrogen and oxygen atoms in total. The van der Waals surface area contributed by atoms with Gasteiger partial charge in [-0.15, -0.1) is 0 Å². The van der Waals surface area contributed by atoms with Gasteiger partial charge in [0.1, 0.15) is 5.75 Å². The zero-order valence-electron chi connectivity index (χ0n) is 12.1. The maximum atomic E-state index is 10.3. The lowest BCUT2D eigenvalue weighted by Crippen LogP contribution is -2.58. The van der Waals surface area contributed by atoms with Gasteiger partial charge in [-0.25, -0.2) is 0 Å². The van der Waals surface area contributed by atoms with Crippen LogP contribution in [0.2, 0.25) is 0 Å². The Balaban J connectivity index is 2.56. The van der Waals surface area contributed by atoms with Crippen molar-refractivity contribution in [3.8, 4) is 5.75 Å². The van der Waals surface area contributed by atoms with Crippen LogP contribution >= 0.6 is 0 Å². The van der Waals surface area contributed by atoms with Gasteiger partial charge in [0.15, 0.2) is 0 Å². The minimum absolute atomic E-state index is 0.243.